The second-order valence-electron chi connectivity index (χ2n) is 6.52. The zero-order chi connectivity index (χ0) is 15.5. The Bertz CT molecular complexity index is 515. The molecule has 1 N–H and O–H groups in total. The number of amides is 1. The van der Waals surface area contributed by atoms with Gasteiger partial charge in [-0.15, -0.1) is 0 Å². The van der Waals surface area contributed by atoms with Gasteiger partial charge < -0.3 is 10.1 Å². The average Bonchev–Trinajstić information content (AvgIpc) is 2.96. The maximum Gasteiger partial charge on any atom is 0.224 e. The van der Waals surface area contributed by atoms with E-state index < -0.39 is 0 Å². The first-order valence-electron chi connectivity index (χ1n) is 7.53. The molecule has 1 aromatic carbocycles. The third-order valence-electron chi connectivity index (χ3n) is 4.12. The Hall–Kier alpha value is -1.77. The summed E-state index contributed by atoms with van der Waals surface area (Å²) in [6.45, 7) is 9.51. The highest BCUT2D eigenvalue weighted by atomic mass is 16.5. The fourth-order valence-electron chi connectivity index (χ4n) is 2.82. The summed E-state index contributed by atoms with van der Waals surface area (Å²) < 4.78 is 5.57. The lowest BCUT2D eigenvalue weighted by atomic mass is 10.1. The van der Waals surface area contributed by atoms with Crippen molar-refractivity contribution in [1.82, 2.24) is 5.32 Å². The molecule has 3 heteroatoms. The maximum absolute atomic E-state index is 12.2. The molecule has 0 bridgehead atoms. The van der Waals surface area contributed by atoms with Gasteiger partial charge in [-0.3, -0.25) is 4.79 Å². The minimum atomic E-state index is 0.0711. The van der Waals surface area contributed by atoms with Crippen LogP contribution in [0.1, 0.15) is 27.7 Å². The molecular formula is C18H25NO2. The summed E-state index contributed by atoms with van der Waals surface area (Å²) in [5.41, 5.74) is 1.34. The number of carbonyl (C=O) groups excluding carboxylic acids is 1. The highest BCUT2D eigenvalue weighted by Gasteiger charge is 2.60. The van der Waals surface area contributed by atoms with E-state index in [0.29, 0.717) is 19.1 Å². The normalized spacial score (nSPS) is 22.3. The number of ether oxygens (including phenoxy) is 1. The fourth-order valence-corrected chi connectivity index (χ4v) is 2.82. The number of hydrogen-bond donors (Lipinski definition) is 1. The topological polar surface area (TPSA) is 38.3 Å². The number of allylic oxidation sites excluding steroid dienone is 2. The van der Waals surface area contributed by atoms with Gasteiger partial charge in [0.05, 0.1) is 12.5 Å². The second kappa shape index (κ2) is 6.33. The monoisotopic (exact) mass is 287 g/mol. The van der Waals surface area contributed by atoms with Crippen molar-refractivity contribution < 1.29 is 9.53 Å². The van der Waals surface area contributed by atoms with E-state index in [1.54, 1.807) is 0 Å². The average molecular weight is 287 g/mol. The van der Waals surface area contributed by atoms with Crippen LogP contribution in [-0.4, -0.2) is 19.1 Å². The third kappa shape index (κ3) is 3.87. The van der Waals surface area contributed by atoms with Gasteiger partial charge in [-0.05, 0) is 37.3 Å². The van der Waals surface area contributed by atoms with Gasteiger partial charge in [-0.2, -0.15) is 0 Å². The van der Waals surface area contributed by atoms with Crippen LogP contribution in [0.5, 0.6) is 5.75 Å². The van der Waals surface area contributed by atoms with Gasteiger partial charge in [0.25, 0.3) is 0 Å². The van der Waals surface area contributed by atoms with Crippen molar-refractivity contribution in [3.63, 3.8) is 0 Å². The summed E-state index contributed by atoms with van der Waals surface area (Å²) in [5.74, 6) is 1.42. The number of hydrogen-bond acceptors (Lipinski definition) is 2. The van der Waals surface area contributed by atoms with E-state index in [-0.39, 0.29) is 17.2 Å². The van der Waals surface area contributed by atoms with Crippen molar-refractivity contribution in [2.24, 2.45) is 17.3 Å². The maximum atomic E-state index is 12.2. The smallest absolute Gasteiger partial charge is 0.224 e. The third-order valence-corrected chi connectivity index (χ3v) is 4.12. The van der Waals surface area contributed by atoms with Crippen LogP contribution in [0.2, 0.25) is 0 Å². The predicted molar refractivity (Wildman–Crippen MR) is 85.1 cm³/mol. The molecule has 2 rings (SSSR count). The Morgan fingerprint density at radius 1 is 1.29 bits per heavy atom. The molecule has 1 fully saturated rings. The zero-order valence-corrected chi connectivity index (χ0v) is 13.3. The van der Waals surface area contributed by atoms with Crippen LogP contribution in [0, 0.1) is 17.3 Å². The fraction of sp³-hybridized carbons (Fsp3) is 0.500. The first-order chi connectivity index (χ1) is 9.93. The van der Waals surface area contributed by atoms with Crippen LogP contribution < -0.4 is 10.1 Å². The minimum absolute atomic E-state index is 0.0711. The van der Waals surface area contributed by atoms with Crippen LogP contribution in [0.4, 0.5) is 0 Å². The molecule has 3 nitrogen and oxygen atoms in total. The quantitative estimate of drug-likeness (QED) is 0.643. The van der Waals surface area contributed by atoms with Crippen molar-refractivity contribution in [2.75, 3.05) is 13.2 Å². The van der Waals surface area contributed by atoms with Gasteiger partial charge in [0, 0.05) is 0 Å². The summed E-state index contributed by atoms with van der Waals surface area (Å²) >= 11 is 0. The number of carbonyl (C=O) groups is 1. The molecule has 1 amide bonds. The van der Waals surface area contributed by atoms with Crippen LogP contribution in [0.25, 0.3) is 0 Å². The zero-order valence-electron chi connectivity index (χ0n) is 13.3. The Kier molecular flexibility index (Phi) is 4.71. The molecule has 114 valence electrons. The highest BCUT2D eigenvalue weighted by Crippen LogP contribution is 2.59. The Morgan fingerprint density at radius 2 is 1.95 bits per heavy atom. The standard InChI is InChI=1S/C18H25NO2/c1-13(2)12-15-16(18(15,3)4)17(20)19-10-11-21-14-8-6-5-7-9-14/h5-9,12,15-16H,10-11H2,1-4H3,(H,19,20)/t15-,16-/m0/s1. The van der Waals surface area contributed by atoms with Gasteiger partial charge in [0.2, 0.25) is 5.91 Å². The largest absolute Gasteiger partial charge is 0.492 e. The summed E-state index contributed by atoms with van der Waals surface area (Å²) in [6, 6.07) is 9.65. The van der Waals surface area contributed by atoms with E-state index in [2.05, 4.69) is 39.1 Å². The molecule has 0 radical (unpaired) electrons. The van der Waals surface area contributed by atoms with Crippen molar-refractivity contribution in [2.45, 2.75) is 27.7 Å². The predicted octanol–water partition coefficient (Wildman–Crippen LogP) is 3.42. The Labute approximate surface area is 127 Å². The number of para-hydroxylation sites is 1. The summed E-state index contributed by atoms with van der Waals surface area (Å²) in [5, 5.41) is 2.98. The van der Waals surface area contributed by atoms with Crippen molar-refractivity contribution in [3.05, 3.63) is 42.0 Å². The Balaban J connectivity index is 1.74. The Morgan fingerprint density at radius 3 is 2.57 bits per heavy atom. The molecule has 1 aliphatic carbocycles. The van der Waals surface area contributed by atoms with E-state index in [9.17, 15) is 4.79 Å². The molecule has 1 aliphatic rings. The molecule has 0 aliphatic heterocycles. The molecular weight excluding hydrogens is 262 g/mol. The van der Waals surface area contributed by atoms with Gasteiger partial charge in [0.1, 0.15) is 12.4 Å². The van der Waals surface area contributed by atoms with E-state index in [4.69, 9.17) is 4.74 Å². The van der Waals surface area contributed by atoms with Gasteiger partial charge in [0.15, 0.2) is 0 Å². The molecule has 0 spiro atoms. The molecule has 0 unspecified atom stereocenters. The lowest BCUT2D eigenvalue weighted by molar-refractivity contribution is -0.123. The molecule has 2 atom stereocenters. The van der Waals surface area contributed by atoms with Gasteiger partial charge in [-0.1, -0.05) is 43.7 Å². The molecule has 0 heterocycles. The summed E-state index contributed by atoms with van der Waals surface area (Å²) in [4.78, 5) is 12.2. The van der Waals surface area contributed by atoms with Crippen molar-refractivity contribution in [3.8, 4) is 5.75 Å². The summed E-state index contributed by atoms with van der Waals surface area (Å²) in [7, 11) is 0. The van der Waals surface area contributed by atoms with E-state index in [0.717, 1.165) is 5.75 Å². The highest BCUT2D eigenvalue weighted by molar-refractivity contribution is 5.83. The van der Waals surface area contributed by atoms with Gasteiger partial charge >= 0.3 is 0 Å². The first kappa shape index (κ1) is 15.6. The van der Waals surface area contributed by atoms with Crippen LogP contribution in [0.3, 0.4) is 0 Å². The lowest BCUT2D eigenvalue weighted by Crippen LogP contribution is -2.30. The molecule has 0 aromatic heterocycles. The molecule has 0 saturated heterocycles. The molecule has 21 heavy (non-hydrogen) atoms. The van der Waals surface area contributed by atoms with Crippen molar-refractivity contribution in [1.29, 1.82) is 0 Å². The number of rotatable bonds is 6. The second-order valence-corrected chi connectivity index (χ2v) is 6.52. The first-order valence-corrected chi connectivity index (χ1v) is 7.53. The van der Waals surface area contributed by atoms with Crippen molar-refractivity contribution >= 4 is 5.91 Å². The molecule has 1 saturated carbocycles. The summed E-state index contributed by atoms with van der Waals surface area (Å²) in [6.07, 6.45) is 2.21. The molecule has 1 aromatic rings. The van der Waals surface area contributed by atoms with Crippen LogP contribution in [0.15, 0.2) is 42.0 Å². The van der Waals surface area contributed by atoms with E-state index in [1.165, 1.54) is 5.57 Å². The van der Waals surface area contributed by atoms with Crippen LogP contribution >= 0.6 is 0 Å². The lowest BCUT2D eigenvalue weighted by Gasteiger charge is -2.08. The van der Waals surface area contributed by atoms with Gasteiger partial charge in [-0.25, -0.2) is 0 Å². The minimum Gasteiger partial charge on any atom is -0.492 e. The van der Waals surface area contributed by atoms with E-state index in [1.807, 2.05) is 30.3 Å². The number of benzene rings is 1. The number of nitrogens with one attached hydrogen (secondary N) is 1. The van der Waals surface area contributed by atoms with E-state index >= 15 is 0 Å². The SMILES string of the molecule is CC(C)=C[C@H]1[C@@H](C(=O)NCCOc2ccccc2)C1(C)C. The van der Waals surface area contributed by atoms with Crippen LogP contribution in [-0.2, 0) is 4.79 Å².